The molecule has 8 heteroatoms. The van der Waals surface area contributed by atoms with Gasteiger partial charge >= 0.3 is 5.69 Å². The average molecular weight is 447 g/mol. The highest BCUT2D eigenvalue weighted by atomic mass is 16.5. The lowest BCUT2D eigenvalue weighted by Crippen LogP contribution is -2.33. The molecule has 8 nitrogen and oxygen atoms in total. The zero-order valence-corrected chi connectivity index (χ0v) is 18.2. The summed E-state index contributed by atoms with van der Waals surface area (Å²) in [5.41, 5.74) is 1.68. The number of nitrogens with zero attached hydrogens (tertiary/aromatic N) is 2. The molecule has 2 aromatic carbocycles. The Morgan fingerprint density at radius 3 is 2.42 bits per heavy atom. The molecule has 2 aliphatic rings. The van der Waals surface area contributed by atoms with Crippen LogP contribution in [0.1, 0.15) is 47.8 Å². The summed E-state index contributed by atoms with van der Waals surface area (Å²) >= 11 is 0. The minimum atomic E-state index is -0.760. The zero-order chi connectivity index (χ0) is 22.9. The number of hydrogen-bond donors (Lipinski definition) is 3. The van der Waals surface area contributed by atoms with E-state index >= 15 is 0 Å². The molecule has 5 rings (SSSR count). The van der Waals surface area contributed by atoms with Crippen LogP contribution in [0.25, 0.3) is 0 Å². The molecule has 0 radical (unpaired) electrons. The molecule has 0 bridgehead atoms. The highest BCUT2D eigenvalue weighted by Crippen LogP contribution is 2.38. The maximum absolute atomic E-state index is 12.2. The highest BCUT2D eigenvalue weighted by molar-refractivity contribution is 5.85. The maximum atomic E-state index is 12.2. The SMILES string of the molecule is Cc1cn([C@H]2C[C@H](O)[C@@H](CC3=NC(c4ccccc4)C(c4ccccc4)N3)O2)c(=O)[nH]c1=O. The van der Waals surface area contributed by atoms with Crippen LogP contribution in [0.4, 0.5) is 0 Å². The maximum Gasteiger partial charge on any atom is 0.330 e. The Bertz CT molecular complexity index is 1270. The lowest BCUT2D eigenvalue weighted by Gasteiger charge is -2.20. The second kappa shape index (κ2) is 8.80. The summed E-state index contributed by atoms with van der Waals surface area (Å²) in [4.78, 5) is 31.2. The third kappa shape index (κ3) is 4.27. The fourth-order valence-corrected chi connectivity index (χ4v) is 4.55. The lowest BCUT2D eigenvalue weighted by atomic mass is 9.95. The third-order valence-electron chi connectivity index (χ3n) is 6.29. The van der Waals surface area contributed by atoms with Crippen LogP contribution in [-0.4, -0.2) is 32.7 Å². The number of rotatable bonds is 5. The summed E-state index contributed by atoms with van der Waals surface area (Å²) in [6.07, 6.45) is 0.193. The standard InChI is InChI=1S/C25H26N4O4/c1-15-14-29(25(32)28-24(15)31)21-12-18(30)19(33-21)13-20-26-22(16-8-4-2-5-9-16)23(27-20)17-10-6-3-7-11-17/h2-11,14,18-19,21-23,30H,12-13H2,1H3,(H,26,27)(H,28,31,32)/t18-,19+,21+,22?,23?/m0/s1. The molecule has 3 heterocycles. The van der Waals surface area contributed by atoms with E-state index in [0.717, 1.165) is 17.0 Å². The van der Waals surface area contributed by atoms with Gasteiger partial charge in [-0.2, -0.15) is 0 Å². The van der Waals surface area contributed by atoms with Gasteiger partial charge in [0.1, 0.15) is 18.1 Å². The summed E-state index contributed by atoms with van der Waals surface area (Å²) in [5.74, 6) is 0.757. The van der Waals surface area contributed by atoms with Crippen molar-refractivity contribution >= 4 is 5.84 Å². The second-order valence-electron chi connectivity index (χ2n) is 8.58. The zero-order valence-electron chi connectivity index (χ0n) is 18.2. The summed E-state index contributed by atoms with van der Waals surface area (Å²) in [7, 11) is 0. The van der Waals surface area contributed by atoms with Crippen LogP contribution in [0.3, 0.4) is 0 Å². The molecule has 3 N–H and O–H groups in total. The Kier molecular flexibility index (Phi) is 5.70. The smallest absolute Gasteiger partial charge is 0.330 e. The molecule has 0 aliphatic carbocycles. The van der Waals surface area contributed by atoms with Gasteiger partial charge in [-0.1, -0.05) is 60.7 Å². The van der Waals surface area contributed by atoms with E-state index in [-0.39, 0.29) is 18.5 Å². The van der Waals surface area contributed by atoms with E-state index in [9.17, 15) is 14.7 Å². The number of H-pyrrole nitrogens is 1. The van der Waals surface area contributed by atoms with Gasteiger partial charge < -0.3 is 15.2 Å². The van der Waals surface area contributed by atoms with Crippen molar-refractivity contribution in [2.75, 3.05) is 0 Å². The van der Waals surface area contributed by atoms with Crippen LogP contribution in [0.2, 0.25) is 0 Å². The molecule has 170 valence electrons. The largest absolute Gasteiger partial charge is 0.390 e. The predicted molar refractivity (Wildman–Crippen MR) is 124 cm³/mol. The van der Waals surface area contributed by atoms with E-state index in [2.05, 4.69) is 34.6 Å². The second-order valence-corrected chi connectivity index (χ2v) is 8.58. The van der Waals surface area contributed by atoms with Crippen molar-refractivity contribution in [3.05, 3.63) is 104 Å². The van der Waals surface area contributed by atoms with Crippen LogP contribution in [-0.2, 0) is 4.74 Å². The van der Waals surface area contributed by atoms with Crippen molar-refractivity contribution in [3.63, 3.8) is 0 Å². The molecule has 3 aromatic rings. The first kappa shape index (κ1) is 21.4. The van der Waals surface area contributed by atoms with E-state index in [1.807, 2.05) is 36.4 Å². The fraction of sp³-hybridized carbons (Fsp3) is 0.320. The first-order chi connectivity index (χ1) is 16.0. The van der Waals surface area contributed by atoms with E-state index in [1.165, 1.54) is 10.8 Å². The molecule has 1 saturated heterocycles. The minimum absolute atomic E-state index is 0.0255. The molecule has 2 unspecified atom stereocenters. The van der Waals surface area contributed by atoms with Gasteiger partial charge in [-0.15, -0.1) is 0 Å². The summed E-state index contributed by atoms with van der Waals surface area (Å²) in [6, 6.07) is 20.2. The molecule has 5 atom stereocenters. The topological polar surface area (TPSA) is 109 Å². The highest BCUT2D eigenvalue weighted by Gasteiger charge is 2.39. The molecule has 2 aliphatic heterocycles. The Morgan fingerprint density at radius 2 is 1.73 bits per heavy atom. The van der Waals surface area contributed by atoms with Crippen LogP contribution < -0.4 is 16.6 Å². The number of aliphatic hydroxyl groups is 1. The Labute approximate surface area is 190 Å². The monoisotopic (exact) mass is 446 g/mol. The van der Waals surface area contributed by atoms with Crippen molar-refractivity contribution in [2.24, 2.45) is 4.99 Å². The molecule has 1 aromatic heterocycles. The Morgan fingerprint density at radius 1 is 1.06 bits per heavy atom. The number of aliphatic hydroxyl groups excluding tert-OH is 1. The molecule has 0 spiro atoms. The first-order valence-corrected chi connectivity index (χ1v) is 11.1. The lowest BCUT2D eigenvalue weighted by molar-refractivity contribution is -0.0165. The molecule has 1 fully saturated rings. The predicted octanol–water partition coefficient (Wildman–Crippen LogP) is 2.37. The van der Waals surface area contributed by atoms with Gasteiger partial charge in [-0.05, 0) is 18.1 Å². The van der Waals surface area contributed by atoms with Crippen LogP contribution in [0, 0.1) is 6.92 Å². The number of amidine groups is 1. The van der Waals surface area contributed by atoms with E-state index in [1.54, 1.807) is 6.92 Å². The van der Waals surface area contributed by atoms with Gasteiger partial charge in [-0.25, -0.2) is 4.79 Å². The van der Waals surface area contributed by atoms with Gasteiger partial charge in [-0.3, -0.25) is 19.3 Å². The number of aliphatic imine (C=N–C) groups is 1. The normalized spacial score (nSPS) is 26.7. The van der Waals surface area contributed by atoms with Crippen molar-refractivity contribution in [3.8, 4) is 0 Å². The molecule has 33 heavy (non-hydrogen) atoms. The fourth-order valence-electron chi connectivity index (χ4n) is 4.55. The van der Waals surface area contributed by atoms with Crippen LogP contribution >= 0.6 is 0 Å². The van der Waals surface area contributed by atoms with Gasteiger partial charge in [0.25, 0.3) is 5.56 Å². The summed E-state index contributed by atoms with van der Waals surface area (Å²) in [6.45, 7) is 1.63. The van der Waals surface area contributed by atoms with Crippen molar-refractivity contribution in [1.82, 2.24) is 14.9 Å². The van der Waals surface area contributed by atoms with Gasteiger partial charge in [0.05, 0.1) is 18.2 Å². The summed E-state index contributed by atoms with van der Waals surface area (Å²) in [5, 5.41) is 14.2. The van der Waals surface area contributed by atoms with E-state index in [4.69, 9.17) is 9.73 Å². The number of hydrogen-bond acceptors (Lipinski definition) is 6. The molecular weight excluding hydrogens is 420 g/mol. The van der Waals surface area contributed by atoms with Gasteiger partial charge in [0.15, 0.2) is 0 Å². The quantitative estimate of drug-likeness (QED) is 0.558. The van der Waals surface area contributed by atoms with E-state index in [0.29, 0.717) is 12.0 Å². The van der Waals surface area contributed by atoms with E-state index < -0.39 is 29.7 Å². The molecular formula is C25H26N4O4. The number of ether oxygens (including phenoxy) is 1. The number of aromatic nitrogens is 2. The Hall–Kier alpha value is -3.49. The first-order valence-electron chi connectivity index (χ1n) is 11.1. The molecule has 0 amide bonds. The number of nitrogens with one attached hydrogen (secondary N) is 2. The number of benzene rings is 2. The molecule has 0 saturated carbocycles. The average Bonchev–Trinajstić information content (AvgIpc) is 3.41. The van der Waals surface area contributed by atoms with Gasteiger partial charge in [0, 0.05) is 24.6 Å². The van der Waals surface area contributed by atoms with Crippen molar-refractivity contribution < 1.29 is 9.84 Å². The minimum Gasteiger partial charge on any atom is -0.390 e. The van der Waals surface area contributed by atoms with Crippen LogP contribution in [0.15, 0.2) is 81.4 Å². The van der Waals surface area contributed by atoms with Gasteiger partial charge in [0.2, 0.25) is 0 Å². The summed E-state index contributed by atoms with van der Waals surface area (Å²) < 4.78 is 7.39. The number of aryl methyl sites for hydroxylation is 1. The van der Waals surface area contributed by atoms with Crippen molar-refractivity contribution in [1.29, 1.82) is 0 Å². The number of aromatic amines is 1. The third-order valence-corrected chi connectivity index (χ3v) is 6.29. The Balaban J connectivity index is 1.37. The van der Waals surface area contributed by atoms with Crippen LogP contribution in [0.5, 0.6) is 0 Å². The van der Waals surface area contributed by atoms with Crippen molar-refractivity contribution in [2.45, 2.75) is 50.3 Å².